The number of nitrogens with one attached hydrogen (secondary N) is 2. The molecule has 26 heavy (non-hydrogen) atoms. The van der Waals surface area contributed by atoms with Gasteiger partial charge in [-0.05, 0) is 57.2 Å². The van der Waals surface area contributed by atoms with Crippen LogP contribution in [0.2, 0.25) is 0 Å². The van der Waals surface area contributed by atoms with E-state index in [1.165, 1.54) is 0 Å². The summed E-state index contributed by atoms with van der Waals surface area (Å²) >= 11 is 3.48. The van der Waals surface area contributed by atoms with Crippen molar-refractivity contribution >= 4 is 44.2 Å². The van der Waals surface area contributed by atoms with E-state index in [0.29, 0.717) is 11.4 Å². The number of aromatic nitrogens is 1. The Balaban J connectivity index is 1.93. The molecule has 0 spiro atoms. The molecular formula is C20H21BrN4O. The molecule has 0 aliphatic rings. The van der Waals surface area contributed by atoms with Crippen molar-refractivity contribution < 1.29 is 4.79 Å². The van der Waals surface area contributed by atoms with Gasteiger partial charge in [0, 0.05) is 32.3 Å². The number of nitrogens with zero attached hydrogens (tertiary/aromatic N) is 1. The van der Waals surface area contributed by atoms with Crippen molar-refractivity contribution in [2.24, 2.45) is 0 Å². The Morgan fingerprint density at radius 1 is 1.12 bits per heavy atom. The van der Waals surface area contributed by atoms with Crippen molar-refractivity contribution in [2.45, 2.75) is 26.3 Å². The van der Waals surface area contributed by atoms with E-state index in [1.54, 1.807) is 0 Å². The quantitative estimate of drug-likeness (QED) is 0.543. The van der Waals surface area contributed by atoms with Crippen LogP contribution in [0, 0.1) is 0 Å². The highest BCUT2D eigenvalue weighted by atomic mass is 79.9. The molecule has 0 radical (unpaired) electrons. The molecule has 0 bridgehead atoms. The van der Waals surface area contributed by atoms with E-state index in [1.807, 2.05) is 69.3 Å². The monoisotopic (exact) mass is 412 g/mol. The second-order valence-corrected chi connectivity index (χ2v) is 8.08. The predicted molar refractivity (Wildman–Crippen MR) is 111 cm³/mol. The van der Waals surface area contributed by atoms with Gasteiger partial charge in [-0.25, -0.2) is 9.78 Å². The number of carbonyl (C=O) groups is 1. The second kappa shape index (κ2) is 6.96. The third-order valence-electron chi connectivity index (χ3n) is 3.71. The molecule has 2 amide bonds. The van der Waals surface area contributed by atoms with E-state index in [9.17, 15) is 4.79 Å². The smallest absolute Gasteiger partial charge is 0.319 e. The zero-order chi connectivity index (χ0) is 18.9. The number of hydrogen-bond acceptors (Lipinski definition) is 3. The van der Waals surface area contributed by atoms with Gasteiger partial charge in [0.05, 0.1) is 11.2 Å². The van der Waals surface area contributed by atoms with Gasteiger partial charge >= 0.3 is 6.03 Å². The van der Waals surface area contributed by atoms with Gasteiger partial charge in [-0.2, -0.15) is 0 Å². The molecule has 134 valence electrons. The fourth-order valence-corrected chi connectivity index (χ4v) is 3.03. The molecule has 6 heteroatoms. The molecule has 0 saturated heterocycles. The summed E-state index contributed by atoms with van der Waals surface area (Å²) in [4.78, 5) is 16.7. The number of anilines is 2. The molecule has 3 aromatic rings. The van der Waals surface area contributed by atoms with Gasteiger partial charge < -0.3 is 16.4 Å². The van der Waals surface area contributed by atoms with Crippen LogP contribution in [0.1, 0.15) is 20.8 Å². The minimum Gasteiger partial charge on any atom is -0.398 e. The molecule has 0 atom stereocenters. The number of urea groups is 1. The van der Waals surface area contributed by atoms with E-state index >= 15 is 0 Å². The van der Waals surface area contributed by atoms with Crippen molar-refractivity contribution in [1.82, 2.24) is 10.3 Å². The molecule has 0 unspecified atom stereocenters. The molecule has 4 N–H and O–H groups in total. The van der Waals surface area contributed by atoms with Gasteiger partial charge in [-0.15, -0.1) is 0 Å². The number of nitrogens with two attached hydrogens (primary N) is 1. The summed E-state index contributed by atoms with van der Waals surface area (Å²) in [5, 5.41) is 6.50. The zero-order valence-corrected chi connectivity index (χ0v) is 16.5. The molecule has 5 nitrogen and oxygen atoms in total. The number of nitrogen functional groups attached to an aromatic ring is 1. The van der Waals surface area contributed by atoms with Crippen LogP contribution in [0.15, 0.2) is 53.0 Å². The average molecular weight is 413 g/mol. The number of hydrogen-bond donors (Lipinski definition) is 3. The van der Waals surface area contributed by atoms with Crippen LogP contribution in [-0.4, -0.2) is 16.6 Å². The maximum atomic E-state index is 12.0. The summed E-state index contributed by atoms with van der Waals surface area (Å²) in [6.07, 6.45) is 0. The molecule has 0 aliphatic carbocycles. The Morgan fingerprint density at radius 3 is 2.58 bits per heavy atom. The fourth-order valence-electron chi connectivity index (χ4n) is 2.63. The molecule has 0 saturated carbocycles. The Kier molecular flexibility index (Phi) is 4.87. The number of amides is 2. The van der Waals surface area contributed by atoms with Crippen LogP contribution in [0.25, 0.3) is 22.2 Å². The Morgan fingerprint density at radius 2 is 1.88 bits per heavy atom. The summed E-state index contributed by atoms with van der Waals surface area (Å²) in [7, 11) is 0. The van der Waals surface area contributed by atoms with E-state index < -0.39 is 0 Å². The van der Waals surface area contributed by atoms with Gasteiger partial charge in [0.1, 0.15) is 0 Å². The highest BCUT2D eigenvalue weighted by molar-refractivity contribution is 9.10. The van der Waals surface area contributed by atoms with Gasteiger partial charge in [-0.3, -0.25) is 0 Å². The Hall–Kier alpha value is -2.60. The average Bonchev–Trinajstić information content (AvgIpc) is 2.53. The second-order valence-electron chi connectivity index (χ2n) is 7.17. The maximum Gasteiger partial charge on any atom is 0.319 e. The van der Waals surface area contributed by atoms with Crippen molar-refractivity contribution in [3.63, 3.8) is 0 Å². The normalized spacial score (nSPS) is 11.4. The van der Waals surface area contributed by atoms with Crippen molar-refractivity contribution in [3.8, 4) is 11.3 Å². The van der Waals surface area contributed by atoms with Crippen LogP contribution in [0.3, 0.4) is 0 Å². The first-order valence-corrected chi connectivity index (χ1v) is 9.06. The first kappa shape index (κ1) is 18.2. The lowest BCUT2D eigenvalue weighted by Crippen LogP contribution is -2.43. The van der Waals surface area contributed by atoms with E-state index in [2.05, 4.69) is 26.6 Å². The van der Waals surface area contributed by atoms with Gasteiger partial charge in [0.25, 0.3) is 0 Å². The molecule has 0 fully saturated rings. The largest absolute Gasteiger partial charge is 0.398 e. The van der Waals surface area contributed by atoms with Crippen LogP contribution in [-0.2, 0) is 0 Å². The summed E-state index contributed by atoms with van der Waals surface area (Å²) in [6.45, 7) is 5.79. The summed E-state index contributed by atoms with van der Waals surface area (Å²) in [6, 6.07) is 15.0. The topological polar surface area (TPSA) is 80.0 Å². The Labute approximate surface area is 161 Å². The molecule has 2 aromatic carbocycles. The number of halogens is 1. The van der Waals surface area contributed by atoms with Crippen molar-refractivity contribution in [2.75, 3.05) is 11.1 Å². The van der Waals surface area contributed by atoms with E-state index in [-0.39, 0.29) is 11.6 Å². The molecular weight excluding hydrogens is 392 g/mol. The first-order chi connectivity index (χ1) is 12.2. The van der Waals surface area contributed by atoms with Gasteiger partial charge in [0.2, 0.25) is 0 Å². The zero-order valence-electron chi connectivity index (χ0n) is 14.9. The van der Waals surface area contributed by atoms with Crippen molar-refractivity contribution in [3.05, 3.63) is 53.0 Å². The maximum absolute atomic E-state index is 12.0. The lowest BCUT2D eigenvalue weighted by molar-refractivity contribution is 0.244. The number of carbonyl (C=O) groups excluding carboxylic acids is 1. The highest BCUT2D eigenvalue weighted by Gasteiger charge is 2.14. The fraction of sp³-hybridized carbons (Fsp3) is 0.200. The van der Waals surface area contributed by atoms with E-state index in [4.69, 9.17) is 10.7 Å². The summed E-state index contributed by atoms with van der Waals surface area (Å²) in [5.74, 6) is 0. The van der Waals surface area contributed by atoms with E-state index in [0.717, 1.165) is 26.6 Å². The highest BCUT2D eigenvalue weighted by Crippen LogP contribution is 2.29. The minimum absolute atomic E-state index is 0.255. The van der Waals surface area contributed by atoms with Crippen LogP contribution >= 0.6 is 15.9 Å². The lowest BCUT2D eigenvalue weighted by atomic mass is 10.1. The van der Waals surface area contributed by atoms with Crippen molar-refractivity contribution in [1.29, 1.82) is 0 Å². The number of pyridine rings is 1. The van der Waals surface area contributed by atoms with Crippen LogP contribution < -0.4 is 16.4 Å². The molecule has 3 rings (SSSR count). The summed E-state index contributed by atoms with van der Waals surface area (Å²) < 4.78 is 0.986. The summed E-state index contributed by atoms with van der Waals surface area (Å²) in [5.41, 5.74) is 9.81. The van der Waals surface area contributed by atoms with Crippen LogP contribution in [0.4, 0.5) is 16.2 Å². The number of fused-ring (bicyclic) bond motifs is 1. The Bertz CT molecular complexity index is 979. The third-order valence-corrected chi connectivity index (χ3v) is 4.20. The standard InChI is InChI=1S/C20H21BrN4O/c1-20(2,3)25-19(26)23-14-7-8-17-15(10-14)16(22)11-18(24-17)12-5-4-6-13(21)9-12/h4-11H,1-3H3,(H2,22,24)(H2,23,25,26). The SMILES string of the molecule is CC(C)(C)NC(=O)Nc1ccc2nc(-c3cccc(Br)c3)cc(N)c2c1. The predicted octanol–water partition coefficient (Wildman–Crippen LogP) is 5.17. The van der Waals surface area contributed by atoms with Gasteiger partial charge in [-0.1, -0.05) is 28.1 Å². The number of benzene rings is 2. The number of rotatable bonds is 2. The molecule has 1 heterocycles. The lowest BCUT2D eigenvalue weighted by Gasteiger charge is -2.20. The van der Waals surface area contributed by atoms with Crippen LogP contribution in [0.5, 0.6) is 0 Å². The van der Waals surface area contributed by atoms with Gasteiger partial charge in [0.15, 0.2) is 0 Å². The first-order valence-electron chi connectivity index (χ1n) is 8.27. The minimum atomic E-state index is -0.305. The third kappa shape index (κ3) is 4.32. The molecule has 1 aromatic heterocycles. The molecule has 0 aliphatic heterocycles.